The number of amides is 1. The summed E-state index contributed by atoms with van der Waals surface area (Å²) in [6.45, 7) is 1.58. The van der Waals surface area contributed by atoms with Crippen LogP contribution in [0.3, 0.4) is 0 Å². The zero-order valence-electron chi connectivity index (χ0n) is 11.9. The van der Waals surface area contributed by atoms with E-state index in [-0.39, 0.29) is 5.91 Å². The Bertz CT molecular complexity index is 588. The largest absolute Gasteiger partial charge is 0.342 e. The van der Waals surface area contributed by atoms with E-state index in [0.29, 0.717) is 12.3 Å². The number of likely N-dealkylation sites (tertiary alicyclic amines) is 1. The Hall–Kier alpha value is -2.30. The van der Waals surface area contributed by atoms with Crippen LogP contribution < -0.4 is 0 Å². The predicted octanol–water partition coefficient (Wildman–Crippen LogP) is 1.82. The van der Waals surface area contributed by atoms with Crippen LogP contribution in [0.5, 0.6) is 0 Å². The van der Waals surface area contributed by atoms with Crippen molar-refractivity contribution >= 4 is 5.91 Å². The molecule has 0 bridgehead atoms. The maximum atomic E-state index is 12.4. The molecule has 2 aromatic heterocycles. The first kappa shape index (κ1) is 13.7. The van der Waals surface area contributed by atoms with Gasteiger partial charge in [-0.15, -0.1) is 0 Å². The van der Waals surface area contributed by atoms with Gasteiger partial charge in [0.15, 0.2) is 0 Å². The van der Waals surface area contributed by atoms with Gasteiger partial charge in [0.2, 0.25) is 5.91 Å². The highest BCUT2D eigenvalue weighted by atomic mass is 16.2. The molecule has 0 spiro atoms. The number of pyridine rings is 1. The molecule has 0 unspecified atom stereocenters. The molecule has 21 heavy (non-hydrogen) atoms. The van der Waals surface area contributed by atoms with Crippen LogP contribution in [0, 0.1) is 0 Å². The van der Waals surface area contributed by atoms with Crippen LogP contribution in [0.15, 0.2) is 43.1 Å². The molecule has 1 aliphatic heterocycles. The molecule has 108 valence electrons. The summed E-state index contributed by atoms with van der Waals surface area (Å²) in [6.07, 6.45) is 9.33. The Labute approximate surface area is 124 Å². The SMILES string of the molecule is O=C(Cc1cccnc1)N1CCC[C@H](c2ccncn2)C1. The maximum absolute atomic E-state index is 12.4. The average Bonchev–Trinajstić information content (AvgIpc) is 2.57. The molecule has 2 aromatic rings. The normalized spacial score (nSPS) is 18.5. The van der Waals surface area contributed by atoms with Crippen molar-refractivity contribution < 1.29 is 4.79 Å². The molecule has 0 radical (unpaired) electrons. The zero-order chi connectivity index (χ0) is 14.5. The molecule has 0 N–H and O–H groups in total. The second kappa shape index (κ2) is 6.43. The van der Waals surface area contributed by atoms with Gasteiger partial charge in [0.1, 0.15) is 6.33 Å². The molecule has 3 heterocycles. The topological polar surface area (TPSA) is 59.0 Å². The van der Waals surface area contributed by atoms with Crippen LogP contribution >= 0.6 is 0 Å². The van der Waals surface area contributed by atoms with E-state index >= 15 is 0 Å². The minimum atomic E-state index is 0.168. The van der Waals surface area contributed by atoms with Crippen molar-refractivity contribution in [2.45, 2.75) is 25.2 Å². The van der Waals surface area contributed by atoms with Crippen LogP contribution in [0.25, 0.3) is 0 Å². The molecule has 1 fully saturated rings. The van der Waals surface area contributed by atoms with E-state index in [1.54, 1.807) is 24.9 Å². The number of nitrogens with zero attached hydrogens (tertiary/aromatic N) is 4. The van der Waals surface area contributed by atoms with Gasteiger partial charge in [-0.05, 0) is 30.5 Å². The predicted molar refractivity (Wildman–Crippen MR) is 78.5 cm³/mol. The molecular weight excluding hydrogens is 264 g/mol. The standard InChI is InChI=1S/C16H18N4O/c21-16(9-13-3-1-6-17-10-13)20-8-2-4-14(11-20)15-5-7-18-12-19-15/h1,3,5-7,10,12,14H,2,4,8-9,11H2/t14-/m0/s1. The van der Waals surface area contributed by atoms with Crippen molar-refractivity contribution in [3.63, 3.8) is 0 Å². The molecule has 0 aromatic carbocycles. The Balaban J connectivity index is 1.64. The number of rotatable bonds is 3. The number of piperidine rings is 1. The third kappa shape index (κ3) is 3.42. The van der Waals surface area contributed by atoms with Crippen molar-refractivity contribution in [3.8, 4) is 0 Å². The second-order valence-corrected chi connectivity index (χ2v) is 5.35. The third-order valence-corrected chi connectivity index (χ3v) is 3.88. The lowest BCUT2D eigenvalue weighted by atomic mass is 9.94. The second-order valence-electron chi connectivity index (χ2n) is 5.35. The maximum Gasteiger partial charge on any atom is 0.227 e. The van der Waals surface area contributed by atoms with E-state index in [1.807, 2.05) is 23.1 Å². The number of carbonyl (C=O) groups is 1. The van der Waals surface area contributed by atoms with Crippen molar-refractivity contribution in [2.24, 2.45) is 0 Å². The van der Waals surface area contributed by atoms with E-state index in [9.17, 15) is 4.79 Å². The lowest BCUT2D eigenvalue weighted by Crippen LogP contribution is -2.40. The van der Waals surface area contributed by atoms with Gasteiger partial charge in [0.25, 0.3) is 0 Å². The van der Waals surface area contributed by atoms with Crippen molar-refractivity contribution in [3.05, 3.63) is 54.4 Å². The highest BCUT2D eigenvalue weighted by molar-refractivity contribution is 5.78. The fourth-order valence-electron chi connectivity index (χ4n) is 2.78. The monoisotopic (exact) mass is 282 g/mol. The van der Waals surface area contributed by atoms with Crippen LogP contribution in [0.4, 0.5) is 0 Å². The van der Waals surface area contributed by atoms with Crippen molar-refractivity contribution in [1.29, 1.82) is 0 Å². The van der Waals surface area contributed by atoms with Gasteiger partial charge in [-0.3, -0.25) is 9.78 Å². The first-order valence-corrected chi connectivity index (χ1v) is 7.25. The summed E-state index contributed by atoms with van der Waals surface area (Å²) >= 11 is 0. The highest BCUT2D eigenvalue weighted by Crippen LogP contribution is 2.25. The zero-order valence-corrected chi connectivity index (χ0v) is 11.9. The summed E-state index contributed by atoms with van der Waals surface area (Å²) in [5, 5.41) is 0. The van der Waals surface area contributed by atoms with Crippen molar-refractivity contribution in [1.82, 2.24) is 19.9 Å². The first-order chi connectivity index (χ1) is 10.3. The summed E-state index contributed by atoms with van der Waals surface area (Å²) in [7, 11) is 0. The smallest absolute Gasteiger partial charge is 0.227 e. The average molecular weight is 282 g/mol. The molecule has 1 amide bonds. The molecule has 5 nitrogen and oxygen atoms in total. The summed E-state index contributed by atoms with van der Waals surface area (Å²) in [5.41, 5.74) is 2.00. The Morgan fingerprint density at radius 2 is 2.24 bits per heavy atom. The first-order valence-electron chi connectivity index (χ1n) is 7.25. The minimum Gasteiger partial charge on any atom is -0.342 e. The summed E-state index contributed by atoms with van der Waals surface area (Å²) in [6, 6.07) is 5.75. The van der Waals surface area contributed by atoms with Gasteiger partial charge in [-0.2, -0.15) is 0 Å². The van der Waals surface area contributed by atoms with E-state index in [4.69, 9.17) is 0 Å². The summed E-state index contributed by atoms with van der Waals surface area (Å²) < 4.78 is 0. The lowest BCUT2D eigenvalue weighted by Gasteiger charge is -2.32. The van der Waals surface area contributed by atoms with Crippen molar-refractivity contribution in [2.75, 3.05) is 13.1 Å². The molecule has 1 atom stereocenters. The fourth-order valence-corrected chi connectivity index (χ4v) is 2.78. The summed E-state index contributed by atoms with van der Waals surface area (Å²) in [5.74, 6) is 0.487. The number of hydrogen-bond acceptors (Lipinski definition) is 4. The van der Waals surface area contributed by atoms with Gasteiger partial charge in [-0.1, -0.05) is 6.07 Å². The van der Waals surface area contributed by atoms with Crippen LogP contribution in [-0.2, 0) is 11.2 Å². The molecular formula is C16H18N4O. The highest BCUT2D eigenvalue weighted by Gasteiger charge is 2.25. The molecule has 1 saturated heterocycles. The molecule has 1 aliphatic rings. The van der Waals surface area contributed by atoms with Gasteiger partial charge in [0.05, 0.1) is 6.42 Å². The number of aromatic nitrogens is 3. The van der Waals surface area contributed by atoms with E-state index in [1.165, 1.54) is 0 Å². The van der Waals surface area contributed by atoms with E-state index in [2.05, 4.69) is 15.0 Å². The van der Waals surface area contributed by atoms with Gasteiger partial charge < -0.3 is 4.90 Å². The van der Waals surface area contributed by atoms with Crippen LogP contribution in [0.2, 0.25) is 0 Å². The van der Waals surface area contributed by atoms with Crippen LogP contribution in [0.1, 0.15) is 30.0 Å². The summed E-state index contributed by atoms with van der Waals surface area (Å²) in [4.78, 5) is 26.7. The van der Waals surface area contributed by atoms with E-state index < -0.39 is 0 Å². The van der Waals surface area contributed by atoms with Gasteiger partial charge in [-0.25, -0.2) is 9.97 Å². The Kier molecular flexibility index (Phi) is 4.19. The Morgan fingerprint density at radius 3 is 3.00 bits per heavy atom. The third-order valence-electron chi connectivity index (χ3n) is 3.88. The Morgan fingerprint density at radius 1 is 1.29 bits per heavy atom. The quantitative estimate of drug-likeness (QED) is 0.861. The lowest BCUT2D eigenvalue weighted by molar-refractivity contribution is -0.131. The molecule has 0 saturated carbocycles. The number of hydrogen-bond donors (Lipinski definition) is 0. The van der Waals surface area contributed by atoms with Gasteiger partial charge in [0, 0.05) is 43.3 Å². The molecule has 5 heteroatoms. The van der Waals surface area contributed by atoms with Gasteiger partial charge >= 0.3 is 0 Å². The van der Waals surface area contributed by atoms with Crippen LogP contribution in [-0.4, -0.2) is 38.8 Å². The van der Waals surface area contributed by atoms with E-state index in [0.717, 1.165) is 37.2 Å². The fraction of sp³-hybridized carbons (Fsp3) is 0.375. The minimum absolute atomic E-state index is 0.168. The molecule has 3 rings (SSSR count). The molecule has 0 aliphatic carbocycles. The number of carbonyl (C=O) groups excluding carboxylic acids is 1.